The quantitative estimate of drug-likeness (QED) is 0.670. The Hall–Kier alpha value is -1.98. The molecule has 0 saturated carbocycles. The molecule has 0 unspecified atom stereocenters. The minimum atomic E-state index is -0.170. The minimum Gasteiger partial charge on any atom is -0.350 e. The molecule has 2 aromatic rings. The molecule has 6 heteroatoms. The molecule has 0 aliphatic carbocycles. The summed E-state index contributed by atoms with van der Waals surface area (Å²) in [7, 11) is 0. The van der Waals surface area contributed by atoms with E-state index in [0.717, 1.165) is 16.0 Å². The van der Waals surface area contributed by atoms with E-state index in [0.29, 0.717) is 23.9 Å². The monoisotopic (exact) mass is 404 g/mol. The van der Waals surface area contributed by atoms with Crippen molar-refractivity contribution in [2.75, 3.05) is 18.8 Å². The maximum atomic E-state index is 12.5. The maximum absolute atomic E-state index is 12.5. The van der Waals surface area contributed by atoms with Gasteiger partial charge in [-0.15, -0.1) is 11.8 Å². The van der Waals surface area contributed by atoms with E-state index in [2.05, 4.69) is 11.4 Å². The van der Waals surface area contributed by atoms with Crippen molar-refractivity contribution in [1.29, 1.82) is 0 Å². The lowest BCUT2D eigenvalue weighted by Gasteiger charge is -2.20. The second-order valence-corrected chi connectivity index (χ2v) is 7.82. The molecule has 144 valence electrons. The molecule has 4 nitrogen and oxygen atoms in total. The summed E-state index contributed by atoms with van der Waals surface area (Å²) < 4.78 is 0. The van der Waals surface area contributed by atoms with Gasteiger partial charge in [-0.2, -0.15) is 0 Å². The van der Waals surface area contributed by atoms with Crippen molar-refractivity contribution in [3.63, 3.8) is 0 Å². The number of hydrogen-bond acceptors (Lipinski definition) is 3. The van der Waals surface area contributed by atoms with Crippen LogP contribution in [-0.2, 0) is 16.1 Å². The van der Waals surface area contributed by atoms with Gasteiger partial charge in [0.05, 0.1) is 12.3 Å². The number of hydrogen-bond donors (Lipinski definition) is 1. The Morgan fingerprint density at radius 3 is 2.44 bits per heavy atom. The van der Waals surface area contributed by atoms with Crippen molar-refractivity contribution in [2.45, 2.75) is 32.2 Å². The molecule has 0 spiro atoms. The first-order chi connectivity index (χ1) is 12.9. The van der Waals surface area contributed by atoms with Crippen molar-refractivity contribution in [1.82, 2.24) is 10.2 Å². The van der Waals surface area contributed by atoms with Crippen LogP contribution < -0.4 is 5.32 Å². The number of likely N-dealkylation sites (N-methyl/N-ethyl adjacent to an activating group) is 1. The number of benzene rings is 2. The van der Waals surface area contributed by atoms with Crippen LogP contribution in [-0.4, -0.2) is 35.6 Å². The van der Waals surface area contributed by atoms with Crippen LogP contribution in [0.25, 0.3) is 0 Å². The van der Waals surface area contributed by atoms with E-state index in [1.807, 2.05) is 45.0 Å². The lowest BCUT2D eigenvalue weighted by Crippen LogP contribution is -2.41. The molecular weight excluding hydrogens is 380 g/mol. The first kappa shape index (κ1) is 21.3. The maximum Gasteiger partial charge on any atom is 0.239 e. The van der Waals surface area contributed by atoms with E-state index in [1.165, 1.54) is 17.3 Å². The molecule has 0 heterocycles. The predicted molar refractivity (Wildman–Crippen MR) is 112 cm³/mol. The van der Waals surface area contributed by atoms with Gasteiger partial charge in [0, 0.05) is 23.0 Å². The van der Waals surface area contributed by atoms with Gasteiger partial charge in [-0.05, 0) is 50.1 Å². The summed E-state index contributed by atoms with van der Waals surface area (Å²) in [5, 5.41) is 3.51. The van der Waals surface area contributed by atoms with E-state index < -0.39 is 0 Å². The number of nitrogens with one attached hydrogen (secondary N) is 1. The van der Waals surface area contributed by atoms with Gasteiger partial charge in [0.1, 0.15) is 0 Å². The van der Waals surface area contributed by atoms with Gasteiger partial charge in [0.15, 0.2) is 0 Å². The summed E-state index contributed by atoms with van der Waals surface area (Å²) in [5.41, 5.74) is 3.33. The highest BCUT2D eigenvalue weighted by molar-refractivity contribution is 8.00. The third kappa shape index (κ3) is 6.92. The normalized spacial score (nSPS) is 10.5. The zero-order valence-corrected chi connectivity index (χ0v) is 17.5. The summed E-state index contributed by atoms with van der Waals surface area (Å²) in [6.07, 6.45) is 0. The van der Waals surface area contributed by atoms with Crippen LogP contribution in [0, 0.1) is 13.8 Å². The molecule has 0 atom stereocenters. The molecule has 0 saturated heterocycles. The number of carbonyl (C=O) groups excluding carboxylic acids is 2. The fraction of sp³-hybridized carbons (Fsp3) is 0.333. The van der Waals surface area contributed by atoms with Gasteiger partial charge in [0.25, 0.3) is 0 Å². The molecule has 2 amide bonds. The molecule has 0 fully saturated rings. The summed E-state index contributed by atoms with van der Waals surface area (Å²) in [4.78, 5) is 27.3. The number of thioether (sulfide) groups is 1. The van der Waals surface area contributed by atoms with E-state index in [1.54, 1.807) is 17.0 Å². The van der Waals surface area contributed by atoms with E-state index in [-0.39, 0.29) is 18.4 Å². The van der Waals surface area contributed by atoms with E-state index in [9.17, 15) is 9.59 Å². The molecule has 2 aromatic carbocycles. The fourth-order valence-electron chi connectivity index (χ4n) is 2.60. The van der Waals surface area contributed by atoms with Crippen molar-refractivity contribution in [3.05, 3.63) is 64.2 Å². The number of amides is 2. The lowest BCUT2D eigenvalue weighted by atomic mass is 10.2. The second kappa shape index (κ2) is 10.4. The van der Waals surface area contributed by atoms with Crippen molar-refractivity contribution < 1.29 is 9.59 Å². The smallest absolute Gasteiger partial charge is 0.239 e. The zero-order valence-electron chi connectivity index (χ0n) is 15.9. The number of rotatable bonds is 8. The Balaban J connectivity index is 1.82. The SMILES string of the molecule is CCN(CC(=O)NCc1ccc(Cl)cc1)C(=O)CSc1ccc(C)cc1C. The standard InChI is InChI=1S/C21H25ClN2O2S/c1-4-24(13-20(25)23-12-17-6-8-18(22)9-7-17)21(26)14-27-19-10-5-15(2)11-16(19)3/h5-11H,4,12-14H2,1-3H3,(H,23,25). The van der Waals surface area contributed by atoms with E-state index in [4.69, 9.17) is 11.6 Å². The fourth-order valence-corrected chi connectivity index (χ4v) is 3.64. The van der Waals surface area contributed by atoms with Gasteiger partial charge >= 0.3 is 0 Å². The summed E-state index contributed by atoms with van der Waals surface area (Å²) in [6, 6.07) is 13.5. The molecule has 0 aliphatic heterocycles. The molecule has 0 bridgehead atoms. The molecular formula is C21H25ClN2O2S. The van der Waals surface area contributed by atoms with Crippen LogP contribution in [0.1, 0.15) is 23.6 Å². The number of halogens is 1. The Morgan fingerprint density at radius 2 is 1.81 bits per heavy atom. The largest absolute Gasteiger partial charge is 0.350 e. The zero-order chi connectivity index (χ0) is 19.8. The highest BCUT2D eigenvalue weighted by Gasteiger charge is 2.16. The minimum absolute atomic E-state index is 0.0379. The molecule has 1 N–H and O–H groups in total. The first-order valence-corrected chi connectivity index (χ1v) is 10.2. The number of aryl methyl sites for hydroxylation is 2. The van der Waals surface area contributed by atoms with Crippen LogP contribution in [0.4, 0.5) is 0 Å². The second-order valence-electron chi connectivity index (χ2n) is 6.37. The summed E-state index contributed by atoms with van der Waals surface area (Å²) in [5.74, 6) is 0.114. The molecule has 27 heavy (non-hydrogen) atoms. The average molecular weight is 405 g/mol. The topological polar surface area (TPSA) is 49.4 Å². The lowest BCUT2D eigenvalue weighted by molar-refractivity contribution is -0.133. The van der Waals surface area contributed by atoms with Gasteiger partial charge < -0.3 is 10.2 Å². The van der Waals surface area contributed by atoms with Crippen molar-refractivity contribution in [3.8, 4) is 0 Å². The number of carbonyl (C=O) groups is 2. The van der Waals surface area contributed by atoms with Gasteiger partial charge in [0.2, 0.25) is 11.8 Å². The third-order valence-electron chi connectivity index (χ3n) is 4.15. The number of nitrogens with zero attached hydrogens (tertiary/aromatic N) is 1. The molecule has 2 rings (SSSR count). The highest BCUT2D eigenvalue weighted by atomic mass is 35.5. The average Bonchev–Trinajstić information content (AvgIpc) is 2.64. The predicted octanol–water partition coefficient (Wildman–Crippen LogP) is 4.21. The van der Waals surface area contributed by atoms with Gasteiger partial charge in [-0.25, -0.2) is 0 Å². The van der Waals surface area contributed by atoms with Gasteiger partial charge in [-0.3, -0.25) is 9.59 Å². The Labute approximate surface area is 170 Å². The van der Waals surface area contributed by atoms with Gasteiger partial charge in [-0.1, -0.05) is 41.4 Å². The van der Waals surface area contributed by atoms with Crippen LogP contribution >= 0.6 is 23.4 Å². The van der Waals surface area contributed by atoms with Crippen LogP contribution in [0.3, 0.4) is 0 Å². The molecule has 0 aromatic heterocycles. The van der Waals surface area contributed by atoms with Crippen molar-refractivity contribution in [2.24, 2.45) is 0 Å². The first-order valence-electron chi connectivity index (χ1n) is 8.88. The third-order valence-corrected chi connectivity index (χ3v) is 5.57. The molecule has 0 aliphatic rings. The Bertz CT molecular complexity index is 793. The highest BCUT2D eigenvalue weighted by Crippen LogP contribution is 2.23. The summed E-state index contributed by atoms with van der Waals surface area (Å²) in [6.45, 7) is 6.96. The Morgan fingerprint density at radius 1 is 1.11 bits per heavy atom. The van der Waals surface area contributed by atoms with Crippen LogP contribution in [0.2, 0.25) is 5.02 Å². The molecule has 0 radical (unpaired) electrons. The van der Waals surface area contributed by atoms with Crippen LogP contribution in [0.5, 0.6) is 0 Å². The summed E-state index contributed by atoms with van der Waals surface area (Å²) >= 11 is 7.37. The Kier molecular flexibility index (Phi) is 8.20. The van der Waals surface area contributed by atoms with E-state index >= 15 is 0 Å². The van der Waals surface area contributed by atoms with Crippen LogP contribution in [0.15, 0.2) is 47.4 Å². The van der Waals surface area contributed by atoms with Crippen molar-refractivity contribution >= 4 is 35.2 Å².